The number of aryl methyl sites for hydroxylation is 1. The molecule has 0 aliphatic heterocycles. The molecule has 0 aliphatic carbocycles. The molecule has 1 aromatic carbocycles. The lowest BCUT2D eigenvalue weighted by atomic mass is 10.0. The Morgan fingerprint density at radius 3 is 2.89 bits per heavy atom. The maximum absolute atomic E-state index is 15.1. The van der Waals surface area contributed by atoms with Crippen LogP contribution in [0.3, 0.4) is 0 Å². The van der Waals surface area contributed by atoms with Gasteiger partial charge < -0.3 is 14.9 Å². The highest BCUT2D eigenvalue weighted by atomic mass is 19.1. The fraction of sp³-hybridized carbons (Fsp3) is 0.160. The summed E-state index contributed by atoms with van der Waals surface area (Å²) >= 11 is 0. The zero-order valence-electron chi connectivity index (χ0n) is 19.2. The summed E-state index contributed by atoms with van der Waals surface area (Å²) in [5.41, 5.74) is 6.42. The molecule has 0 unspecified atom stereocenters. The van der Waals surface area contributed by atoms with Gasteiger partial charge in [-0.15, -0.1) is 0 Å². The molecule has 35 heavy (non-hydrogen) atoms. The van der Waals surface area contributed by atoms with E-state index in [2.05, 4.69) is 40.4 Å². The van der Waals surface area contributed by atoms with E-state index in [0.717, 1.165) is 34.4 Å². The van der Waals surface area contributed by atoms with Gasteiger partial charge in [-0.25, -0.2) is 19.3 Å². The third-order valence-electron chi connectivity index (χ3n) is 5.92. The number of fused-ring (bicyclic) bond motifs is 2. The van der Waals surface area contributed by atoms with Gasteiger partial charge in [0.25, 0.3) is 0 Å². The van der Waals surface area contributed by atoms with Crippen molar-refractivity contribution < 1.29 is 4.39 Å². The number of halogens is 1. The van der Waals surface area contributed by atoms with Crippen LogP contribution in [0.4, 0.5) is 4.39 Å². The van der Waals surface area contributed by atoms with E-state index in [1.165, 1.54) is 6.07 Å². The standard InChI is InChI=1S/C25H22FN9/c1-3-27-9-15-6-16(11-28-10-15)17-7-18-20(8-19(17)26)33-34-22(18)25-31-23-21(4-5-29-24(23)32-25)35-12-14(2)30-13-35/h4-8,10-13,27H,3,9H2,1-2H3,(H,33,34)(H,29,31,32). The van der Waals surface area contributed by atoms with Crippen molar-refractivity contribution in [3.8, 4) is 28.3 Å². The molecule has 5 heterocycles. The molecule has 3 N–H and O–H groups in total. The summed E-state index contributed by atoms with van der Waals surface area (Å²) in [7, 11) is 0. The van der Waals surface area contributed by atoms with E-state index in [4.69, 9.17) is 0 Å². The number of pyridine rings is 2. The third kappa shape index (κ3) is 3.73. The first-order valence-electron chi connectivity index (χ1n) is 11.3. The van der Waals surface area contributed by atoms with E-state index in [1.54, 1.807) is 31.0 Å². The van der Waals surface area contributed by atoms with Crippen LogP contribution in [0.15, 0.2) is 55.4 Å². The Morgan fingerprint density at radius 1 is 1.14 bits per heavy atom. The smallest absolute Gasteiger partial charge is 0.180 e. The number of imidazole rings is 2. The Bertz CT molecular complexity index is 1680. The Kier molecular flexibility index (Phi) is 5.07. The number of aromatic nitrogens is 8. The first-order chi connectivity index (χ1) is 17.1. The van der Waals surface area contributed by atoms with Gasteiger partial charge in [-0.1, -0.05) is 6.92 Å². The second kappa shape index (κ2) is 8.41. The molecular weight excluding hydrogens is 445 g/mol. The number of nitrogens with zero attached hydrogens (tertiary/aromatic N) is 6. The van der Waals surface area contributed by atoms with Gasteiger partial charge in [0, 0.05) is 53.9 Å². The van der Waals surface area contributed by atoms with Gasteiger partial charge in [0.1, 0.15) is 17.0 Å². The first kappa shape index (κ1) is 21.1. The first-order valence-corrected chi connectivity index (χ1v) is 11.3. The zero-order chi connectivity index (χ0) is 23.9. The molecule has 10 heteroatoms. The van der Waals surface area contributed by atoms with Gasteiger partial charge >= 0.3 is 0 Å². The minimum Gasteiger partial charge on any atom is -0.333 e. The summed E-state index contributed by atoms with van der Waals surface area (Å²) in [6.45, 7) is 5.49. The zero-order valence-corrected chi connectivity index (χ0v) is 19.2. The lowest BCUT2D eigenvalue weighted by Crippen LogP contribution is -2.11. The van der Waals surface area contributed by atoms with Crippen LogP contribution in [-0.4, -0.2) is 46.2 Å². The van der Waals surface area contributed by atoms with Gasteiger partial charge in [0.05, 0.1) is 23.2 Å². The summed E-state index contributed by atoms with van der Waals surface area (Å²) in [6.07, 6.45) is 8.85. The summed E-state index contributed by atoms with van der Waals surface area (Å²) in [5, 5.41) is 11.4. The maximum atomic E-state index is 15.1. The SMILES string of the molecule is CCNCc1cncc(-c2cc3c(-c4nc5nccc(-n6cnc(C)c6)c5[nH]4)n[nH]c3cc2F)c1. The number of hydrogen-bond acceptors (Lipinski definition) is 6. The highest BCUT2D eigenvalue weighted by Gasteiger charge is 2.18. The summed E-state index contributed by atoms with van der Waals surface area (Å²) < 4.78 is 17.0. The Hall–Kier alpha value is -4.44. The molecule has 0 aliphatic rings. The molecule has 0 spiro atoms. The second-order valence-corrected chi connectivity index (χ2v) is 8.35. The monoisotopic (exact) mass is 467 g/mol. The van der Waals surface area contributed by atoms with Crippen molar-refractivity contribution >= 4 is 22.1 Å². The fourth-order valence-electron chi connectivity index (χ4n) is 4.22. The molecule has 0 atom stereocenters. The van der Waals surface area contributed by atoms with Crippen LogP contribution in [0.2, 0.25) is 0 Å². The fourth-order valence-corrected chi connectivity index (χ4v) is 4.22. The molecule has 6 rings (SSSR count). The lowest BCUT2D eigenvalue weighted by molar-refractivity contribution is 0.632. The summed E-state index contributed by atoms with van der Waals surface area (Å²) in [5.74, 6) is 0.193. The van der Waals surface area contributed by atoms with Crippen LogP contribution >= 0.6 is 0 Å². The number of aromatic amines is 2. The molecule has 0 amide bonds. The maximum Gasteiger partial charge on any atom is 0.180 e. The van der Waals surface area contributed by atoms with E-state index in [1.807, 2.05) is 36.7 Å². The van der Waals surface area contributed by atoms with Crippen molar-refractivity contribution in [1.29, 1.82) is 0 Å². The molecule has 0 saturated carbocycles. The van der Waals surface area contributed by atoms with Gasteiger partial charge in [-0.3, -0.25) is 10.1 Å². The summed E-state index contributed by atoms with van der Waals surface area (Å²) in [6, 6.07) is 7.09. The van der Waals surface area contributed by atoms with Gasteiger partial charge in [0.15, 0.2) is 11.5 Å². The average molecular weight is 468 g/mol. The minimum absolute atomic E-state index is 0.348. The van der Waals surface area contributed by atoms with E-state index in [0.29, 0.717) is 40.4 Å². The molecule has 5 aromatic heterocycles. The second-order valence-electron chi connectivity index (χ2n) is 8.35. The molecule has 0 saturated heterocycles. The van der Waals surface area contributed by atoms with Crippen LogP contribution in [0.1, 0.15) is 18.2 Å². The van der Waals surface area contributed by atoms with Crippen molar-refractivity contribution in [1.82, 2.24) is 45.0 Å². The average Bonchev–Trinajstić information content (AvgIpc) is 3.59. The number of rotatable bonds is 6. The summed E-state index contributed by atoms with van der Waals surface area (Å²) in [4.78, 5) is 21.1. The number of benzene rings is 1. The van der Waals surface area contributed by atoms with Crippen LogP contribution in [0, 0.1) is 12.7 Å². The Morgan fingerprint density at radius 2 is 2.06 bits per heavy atom. The quantitative estimate of drug-likeness (QED) is 0.337. The number of nitrogens with one attached hydrogen (secondary N) is 3. The number of H-pyrrole nitrogens is 2. The van der Waals surface area contributed by atoms with Crippen molar-refractivity contribution in [3.63, 3.8) is 0 Å². The number of hydrogen-bond donors (Lipinski definition) is 3. The topological polar surface area (TPSA) is 113 Å². The van der Waals surface area contributed by atoms with Gasteiger partial charge in [-0.2, -0.15) is 5.10 Å². The predicted molar refractivity (Wildman–Crippen MR) is 131 cm³/mol. The minimum atomic E-state index is -0.348. The van der Waals surface area contributed by atoms with E-state index >= 15 is 4.39 Å². The molecule has 0 bridgehead atoms. The van der Waals surface area contributed by atoms with E-state index < -0.39 is 0 Å². The predicted octanol–water partition coefficient (Wildman–Crippen LogP) is 4.31. The highest BCUT2D eigenvalue weighted by Crippen LogP contribution is 2.33. The molecular formula is C25H22FN9. The lowest BCUT2D eigenvalue weighted by Gasteiger charge is -2.07. The van der Waals surface area contributed by atoms with Crippen LogP contribution < -0.4 is 5.32 Å². The molecule has 0 fully saturated rings. The Balaban J connectivity index is 1.46. The van der Waals surface area contributed by atoms with Crippen LogP contribution in [0.25, 0.3) is 50.4 Å². The van der Waals surface area contributed by atoms with E-state index in [9.17, 15) is 0 Å². The largest absolute Gasteiger partial charge is 0.333 e. The highest BCUT2D eigenvalue weighted by molar-refractivity contribution is 5.96. The van der Waals surface area contributed by atoms with E-state index in [-0.39, 0.29) is 5.82 Å². The molecule has 9 nitrogen and oxygen atoms in total. The Labute approximate surface area is 199 Å². The normalized spacial score (nSPS) is 11.6. The third-order valence-corrected chi connectivity index (χ3v) is 5.92. The van der Waals surface area contributed by atoms with Crippen molar-refractivity contribution in [2.24, 2.45) is 0 Å². The van der Waals surface area contributed by atoms with Gasteiger partial charge in [-0.05, 0) is 37.2 Å². The molecule has 174 valence electrons. The van der Waals surface area contributed by atoms with Crippen molar-refractivity contribution in [2.45, 2.75) is 20.4 Å². The van der Waals surface area contributed by atoms with Gasteiger partial charge in [0.2, 0.25) is 0 Å². The van der Waals surface area contributed by atoms with Crippen molar-refractivity contribution in [3.05, 3.63) is 72.5 Å². The molecule has 6 aromatic rings. The van der Waals surface area contributed by atoms with Crippen molar-refractivity contribution in [2.75, 3.05) is 6.54 Å². The molecule has 0 radical (unpaired) electrons. The van der Waals surface area contributed by atoms with Crippen LogP contribution in [0.5, 0.6) is 0 Å². The van der Waals surface area contributed by atoms with Crippen LogP contribution in [-0.2, 0) is 6.54 Å².